The maximum absolute atomic E-state index is 11.7. The number of carbonyl (C=O) groups is 1. The van der Waals surface area contributed by atoms with Crippen LogP contribution in [0.25, 0.3) is 0 Å². The van der Waals surface area contributed by atoms with Crippen LogP contribution in [0.4, 0.5) is 0 Å². The standard InChI is InChI=1S/C13H13NO2/c1-10(11-6-3-2-4-7-11)14-13(15)12-8-5-9-16-12/h2-10H,1H3,(H,14,15). The molecule has 0 aliphatic rings. The summed E-state index contributed by atoms with van der Waals surface area (Å²) in [7, 11) is 0. The summed E-state index contributed by atoms with van der Waals surface area (Å²) < 4.78 is 5.02. The maximum Gasteiger partial charge on any atom is 0.287 e. The fourth-order valence-corrected chi connectivity index (χ4v) is 1.50. The first-order chi connectivity index (χ1) is 7.77. The summed E-state index contributed by atoms with van der Waals surface area (Å²) in [5.41, 5.74) is 1.07. The van der Waals surface area contributed by atoms with Crippen LogP contribution in [0.3, 0.4) is 0 Å². The van der Waals surface area contributed by atoms with E-state index >= 15 is 0 Å². The van der Waals surface area contributed by atoms with Crippen molar-refractivity contribution in [1.29, 1.82) is 0 Å². The zero-order valence-corrected chi connectivity index (χ0v) is 9.01. The number of rotatable bonds is 3. The van der Waals surface area contributed by atoms with Crippen molar-refractivity contribution in [3.8, 4) is 0 Å². The molecule has 0 spiro atoms. The lowest BCUT2D eigenvalue weighted by molar-refractivity contribution is 0.0912. The number of nitrogens with one attached hydrogen (secondary N) is 1. The highest BCUT2D eigenvalue weighted by molar-refractivity contribution is 5.91. The van der Waals surface area contributed by atoms with Gasteiger partial charge in [0.1, 0.15) is 0 Å². The van der Waals surface area contributed by atoms with Gasteiger partial charge in [-0.2, -0.15) is 0 Å². The average molecular weight is 215 g/mol. The topological polar surface area (TPSA) is 42.2 Å². The Morgan fingerprint density at radius 2 is 1.94 bits per heavy atom. The molecule has 16 heavy (non-hydrogen) atoms. The van der Waals surface area contributed by atoms with Gasteiger partial charge in [-0.1, -0.05) is 30.3 Å². The third kappa shape index (κ3) is 2.31. The minimum absolute atomic E-state index is 0.0289. The number of hydrogen-bond donors (Lipinski definition) is 1. The van der Waals surface area contributed by atoms with Crippen LogP contribution < -0.4 is 5.32 Å². The molecule has 0 bridgehead atoms. The monoisotopic (exact) mass is 215 g/mol. The zero-order valence-electron chi connectivity index (χ0n) is 9.01. The van der Waals surface area contributed by atoms with E-state index in [1.54, 1.807) is 12.1 Å². The lowest BCUT2D eigenvalue weighted by atomic mass is 10.1. The molecule has 0 aliphatic heterocycles. The molecule has 1 amide bonds. The predicted molar refractivity (Wildman–Crippen MR) is 61.0 cm³/mol. The molecule has 0 aliphatic carbocycles. The Kier molecular flexibility index (Phi) is 3.05. The molecule has 1 aromatic heterocycles. The second kappa shape index (κ2) is 4.66. The summed E-state index contributed by atoms with van der Waals surface area (Å²) in [6.45, 7) is 1.94. The summed E-state index contributed by atoms with van der Waals surface area (Å²) in [6.07, 6.45) is 1.49. The molecule has 0 saturated carbocycles. The number of hydrogen-bond acceptors (Lipinski definition) is 2. The minimum Gasteiger partial charge on any atom is -0.459 e. The highest BCUT2D eigenvalue weighted by Gasteiger charge is 2.12. The van der Waals surface area contributed by atoms with Crippen molar-refractivity contribution in [1.82, 2.24) is 5.32 Å². The second-order valence-corrected chi connectivity index (χ2v) is 3.58. The van der Waals surface area contributed by atoms with Gasteiger partial charge in [-0.25, -0.2) is 0 Å². The molecular formula is C13H13NO2. The van der Waals surface area contributed by atoms with E-state index in [4.69, 9.17) is 4.42 Å². The molecule has 82 valence electrons. The van der Waals surface area contributed by atoms with Gasteiger partial charge in [-0.3, -0.25) is 4.79 Å². The fourth-order valence-electron chi connectivity index (χ4n) is 1.50. The fraction of sp³-hybridized carbons (Fsp3) is 0.154. The molecule has 0 fully saturated rings. The van der Waals surface area contributed by atoms with E-state index in [-0.39, 0.29) is 11.9 Å². The average Bonchev–Trinajstić information content (AvgIpc) is 2.83. The zero-order chi connectivity index (χ0) is 11.4. The van der Waals surface area contributed by atoms with Gasteiger partial charge in [-0.05, 0) is 24.6 Å². The molecule has 3 nitrogen and oxygen atoms in total. The van der Waals surface area contributed by atoms with Crippen LogP contribution in [-0.2, 0) is 0 Å². The normalized spacial score (nSPS) is 12.1. The number of carbonyl (C=O) groups excluding carboxylic acids is 1. The van der Waals surface area contributed by atoms with E-state index in [2.05, 4.69) is 5.32 Å². The van der Waals surface area contributed by atoms with Crippen molar-refractivity contribution in [2.75, 3.05) is 0 Å². The van der Waals surface area contributed by atoms with E-state index in [0.29, 0.717) is 5.76 Å². The van der Waals surface area contributed by atoms with E-state index in [0.717, 1.165) is 5.56 Å². The van der Waals surface area contributed by atoms with E-state index < -0.39 is 0 Å². The summed E-state index contributed by atoms with van der Waals surface area (Å²) in [4.78, 5) is 11.7. The Hall–Kier alpha value is -2.03. The molecular weight excluding hydrogens is 202 g/mol. The molecule has 1 unspecified atom stereocenters. The highest BCUT2D eigenvalue weighted by Crippen LogP contribution is 2.12. The molecule has 1 aromatic carbocycles. The van der Waals surface area contributed by atoms with Crippen LogP contribution in [0, 0.1) is 0 Å². The molecule has 2 rings (SSSR count). The molecule has 2 aromatic rings. The van der Waals surface area contributed by atoms with Gasteiger partial charge in [0.15, 0.2) is 5.76 Å². The van der Waals surface area contributed by atoms with Gasteiger partial charge in [0.25, 0.3) is 5.91 Å². The summed E-state index contributed by atoms with van der Waals surface area (Å²) in [6, 6.07) is 13.1. The van der Waals surface area contributed by atoms with Gasteiger partial charge < -0.3 is 9.73 Å². The Morgan fingerprint density at radius 3 is 2.56 bits per heavy atom. The lowest BCUT2D eigenvalue weighted by Crippen LogP contribution is -2.26. The number of benzene rings is 1. The van der Waals surface area contributed by atoms with Gasteiger partial charge in [0.05, 0.1) is 12.3 Å². The van der Waals surface area contributed by atoms with Crippen molar-refractivity contribution in [2.45, 2.75) is 13.0 Å². The van der Waals surface area contributed by atoms with Crippen LogP contribution in [0.5, 0.6) is 0 Å². The molecule has 3 heteroatoms. The van der Waals surface area contributed by atoms with Crippen LogP contribution in [-0.4, -0.2) is 5.91 Å². The number of amides is 1. The second-order valence-electron chi connectivity index (χ2n) is 3.58. The minimum atomic E-state index is -0.193. The highest BCUT2D eigenvalue weighted by atomic mass is 16.3. The summed E-state index contributed by atoms with van der Waals surface area (Å²) in [5.74, 6) is 0.143. The van der Waals surface area contributed by atoms with Crippen LogP contribution in [0.1, 0.15) is 29.1 Å². The largest absolute Gasteiger partial charge is 0.459 e. The van der Waals surface area contributed by atoms with Crippen molar-refractivity contribution in [2.24, 2.45) is 0 Å². The van der Waals surface area contributed by atoms with Crippen molar-refractivity contribution < 1.29 is 9.21 Å². The molecule has 0 radical (unpaired) electrons. The lowest BCUT2D eigenvalue weighted by Gasteiger charge is -2.12. The SMILES string of the molecule is CC(NC(=O)c1ccco1)c1ccccc1. The third-order valence-corrected chi connectivity index (χ3v) is 2.39. The van der Waals surface area contributed by atoms with Crippen LogP contribution in [0.15, 0.2) is 53.1 Å². The molecule has 1 N–H and O–H groups in total. The Labute approximate surface area is 94.1 Å². The van der Waals surface area contributed by atoms with Crippen LogP contribution in [0.2, 0.25) is 0 Å². The predicted octanol–water partition coefficient (Wildman–Crippen LogP) is 2.77. The van der Waals surface area contributed by atoms with Crippen molar-refractivity contribution in [3.05, 3.63) is 60.1 Å². The molecule has 1 atom stereocenters. The third-order valence-electron chi connectivity index (χ3n) is 2.39. The molecule has 1 heterocycles. The van der Waals surface area contributed by atoms with Crippen molar-refractivity contribution >= 4 is 5.91 Å². The quantitative estimate of drug-likeness (QED) is 0.855. The maximum atomic E-state index is 11.7. The van der Waals surface area contributed by atoms with Gasteiger partial charge in [0.2, 0.25) is 0 Å². The Bertz CT molecular complexity index is 448. The smallest absolute Gasteiger partial charge is 0.287 e. The Balaban J connectivity index is 2.03. The van der Waals surface area contributed by atoms with Gasteiger partial charge in [0, 0.05) is 0 Å². The molecule has 0 saturated heterocycles. The van der Waals surface area contributed by atoms with E-state index in [9.17, 15) is 4.79 Å². The Morgan fingerprint density at radius 1 is 1.19 bits per heavy atom. The first kappa shape index (κ1) is 10.5. The first-order valence-electron chi connectivity index (χ1n) is 5.16. The summed E-state index contributed by atoms with van der Waals surface area (Å²) in [5, 5.41) is 2.87. The first-order valence-corrected chi connectivity index (χ1v) is 5.16. The van der Waals surface area contributed by atoms with E-state index in [1.807, 2.05) is 37.3 Å². The number of furan rings is 1. The van der Waals surface area contributed by atoms with Crippen LogP contribution >= 0.6 is 0 Å². The van der Waals surface area contributed by atoms with Crippen molar-refractivity contribution in [3.63, 3.8) is 0 Å². The summed E-state index contributed by atoms with van der Waals surface area (Å²) >= 11 is 0. The van der Waals surface area contributed by atoms with E-state index in [1.165, 1.54) is 6.26 Å². The van der Waals surface area contributed by atoms with Gasteiger partial charge >= 0.3 is 0 Å². The van der Waals surface area contributed by atoms with Gasteiger partial charge in [-0.15, -0.1) is 0 Å².